The number of para-hydroxylation sites is 1. The summed E-state index contributed by atoms with van der Waals surface area (Å²) in [4.78, 5) is 39.6. The number of rotatable bonds is 3. The summed E-state index contributed by atoms with van der Waals surface area (Å²) in [7, 11) is 1.30. The molecule has 0 bridgehead atoms. The zero-order valence-corrected chi connectivity index (χ0v) is 14.9. The number of hydrogen-bond donors (Lipinski definition) is 1. The van der Waals surface area contributed by atoms with Crippen molar-refractivity contribution < 1.29 is 23.9 Å². The van der Waals surface area contributed by atoms with Gasteiger partial charge in [0.1, 0.15) is 6.10 Å². The van der Waals surface area contributed by atoms with E-state index in [0.29, 0.717) is 43.7 Å². The second-order valence-electron chi connectivity index (χ2n) is 6.53. The first-order valence-corrected chi connectivity index (χ1v) is 8.70. The fourth-order valence-corrected chi connectivity index (χ4v) is 3.38. The molecule has 1 aromatic carbocycles. The van der Waals surface area contributed by atoms with Crippen LogP contribution in [0.5, 0.6) is 0 Å². The Bertz CT molecular complexity index is 700. The first-order chi connectivity index (χ1) is 12.5. The molecule has 2 heterocycles. The molecule has 1 aromatic rings. The predicted octanol–water partition coefficient (Wildman–Crippen LogP) is 2.31. The van der Waals surface area contributed by atoms with Crippen molar-refractivity contribution in [3.05, 3.63) is 29.8 Å². The van der Waals surface area contributed by atoms with E-state index in [-0.39, 0.29) is 24.3 Å². The number of urea groups is 1. The minimum absolute atomic E-state index is 0.0846. The van der Waals surface area contributed by atoms with Gasteiger partial charge in [-0.25, -0.2) is 14.4 Å². The molecule has 8 nitrogen and oxygen atoms in total. The smallest absolute Gasteiger partial charge is 0.410 e. The Hall–Kier alpha value is -2.77. The summed E-state index contributed by atoms with van der Waals surface area (Å²) >= 11 is 0. The van der Waals surface area contributed by atoms with Crippen molar-refractivity contribution in [2.45, 2.75) is 31.9 Å². The van der Waals surface area contributed by atoms with Gasteiger partial charge in [-0.3, -0.25) is 0 Å². The number of amides is 3. The topological polar surface area (TPSA) is 88.2 Å². The van der Waals surface area contributed by atoms with E-state index in [2.05, 4.69) is 5.32 Å². The van der Waals surface area contributed by atoms with E-state index in [1.54, 1.807) is 34.1 Å². The monoisotopic (exact) mass is 361 g/mol. The number of cyclic esters (lactones) is 1. The molecule has 26 heavy (non-hydrogen) atoms. The Balaban J connectivity index is 1.58. The summed E-state index contributed by atoms with van der Waals surface area (Å²) in [6.07, 6.45) is 1.05. The molecule has 0 aliphatic carbocycles. The highest BCUT2D eigenvalue weighted by atomic mass is 16.6. The minimum atomic E-state index is -0.499. The first-order valence-electron chi connectivity index (χ1n) is 8.70. The zero-order chi connectivity index (χ0) is 18.7. The van der Waals surface area contributed by atoms with Gasteiger partial charge in [0.05, 0.1) is 24.9 Å². The second-order valence-corrected chi connectivity index (χ2v) is 6.53. The second kappa shape index (κ2) is 7.63. The Morgan fingerprint density at radius 3 is 2.54 bits per heavy atom. The summed E-state index contributed by atoms with van der Waals surface area (Å²) in [6.45, 7) is 3.55. The van der Waals surface area contributed by atoms with Crippen LogP contribution in [0.25, 0.3) is 0 Å². The van der Waals surface area contributed by atoms with E-state index in [1.807, 2.05) is 6.92 Å². The van der Waals surface area contributed by atoms with Crippen LogP contribution < -0.4 is 5.32 Å². The van der Waals surface area contributed by atoms with Crippen LogP contribution in [0.3, 0.4) is 0 Å². The minimum Gasteiger partial charge on any atom is -0.465 e. The summed E-state index contributed by atoms with van der Waals surface area (Å²) in [5.74, 6) is -0.499. The summed E-state index contributed by atoms with van der Waals surface area (Å²) in [5, 5.41) is 2.78. The average Bonchev–Trinajstić information content (AvgIpc) is 2.99. The number of piperidine rings is 1. The van der Waals surface area contributed by atoms with Crippen LogP contribution in [0, 0.1) is 0 Å². The number of esters is 1. The van der Waals surface area contributed by atoms with Crippen LogP contribution in [0.1, 0.15) is 30.1 Å². The number of nitrogens with one attached hydrogen (secondary N) is 1. The first kappa shape index (κ1) is 18.0. The fraction of sp³-hybridized carbons (Fsp3) is 0.500. The molecular weight excluding hydrogens is 338 g/mol. The molecule has 1 unspecified atom stereocenters. The Labute approximate surface area is 152 Å². The van der Waals surface area contributed by atoms with Gasteiger partial charge in [0, 0.05) is 19.1 Å². The molecular formula is C18H23N3O5. The maximum Gasteiger partial charge on any atom is 0.410 e. The number of methoxy groups -OCH3 is 1. The molecule has 8 heteroatoms. The van der Waals surface area contributed by atoms with Gasteiger partial charge in [0.2, 0.25) is 0 Å². The summed E-state index contributed by atoms with van der Waals surface area (Å²) in [5.41, 5.74) is 0.732. The van der Waals surface area contributed by atoms with Crippen LogP contribution in [0.4, 0.5) is 15.3 Å². The van der Waals surface area contributed by atoms with Crippen molar-refractivity contribution in [1.29, 1.82) is 0 Å². The van der Waals surface area contributed by atoms with E-state index in [0.717, 1.165) is 0 Å². The molecule has 0 aromatic heterocycles. The maximum absolute atomic E-state index is 12.5. The standard InChI is InChI=1S/C18H23N3O5/c1-12-11-21(18(24)26-12)13-7-9-20(10-8-13)17(23)19-15-6-4-3-5-14(15)16(22)25-2/h3-6,12-13H,7-11H2,1-2H3,(H,19,23). The normalized spacial score (nSPS) is 20.7. The van der Waals surface area contributed by atoms with Crippen molar-refractivity contribution in [3.8, 4) is 0 Å². The van der Waals surface area contributed by atoms with Gasteiger partial charge in [-0.05, 0) is 31.9 Å². The van der Waals surface area contributed by atoms with Gasteiger partial charge in [-0.15, -0.1) is 0 Å². The van der Waals surface area contributed by atoms with Crippen LogP contribution in [-0.2, 0) is 9.47 Å². The number of benzene rings is 1. The SMILES string of the molecule is COC(=O)c1ccccc1NC(=O)N1CCC(N2CC(C)OC2=O)CC1. The van der Waals surface area contributed by atoms with Gasteiger partial charge in [-0.1, -0.05) is 12.1 Å². The molecule has 3 amide bonds. The lowest BCUT2D eigenvalue weighted by molar-refractivity contribution is 0.0602. The lowest BCUT2D eigenvalue weighted by Crippen LogP contribution is -2.48. The Kier molecular flexibility index (Phi) is 5.29. The summed E-state index contributed by atoms with van der Waals surface area (Å²) in [6, 6.07) is 6.56. The maximum atomic E-state index is 12.5. The molecule has 2 fully saturated rings. The van der Waals surface area contributed by atoms with Crippen LogP contribution in [0.15, 0.2) is 24.3 Å². The van der Waals surface area contributed by atoms with Crippen molar-refractivity contribution in [2.75, 3.05) is 32.1 Å². The molecule has 2 saturated heterocycles. The molecule has 3 rings (SSSR count). The number of hydrogen-bond acceptors (Lipinski definition) is 5. The highest BCUT2D eigenvalue weighted by Gasteiger charge is 2.36. The third kappa shape index (κ3) is 3.74. The van der Waals surface area contributed by atoms with Crippen molar-refractivity contribution >= 4 is 23.8 Å². The van der Waals surface area contributed by atoms with Crippen LogP contribution >= 0.6 is 0 Å². The Morgan fingerprint density at radius 2 is 1.92 bits per heavy atom. The Morgan fingerprint density at radius 1 is 1.23 bits per heavy atom. The predicted molar refractivity (Wildman–Crippen MR) is 94.0 cm³/mol. The largest absolute Gasteiger partial charge is 0.465 e. The van der Waals surface area contributed by atoms with E-state index < -0.39 is 5.97 Å². The quantitative estimate of drug-likeness (QED) is 0.835. The van der Waals surface area contributed by atoms with Crippen molar-refractivity contribution in [2.24, 2.45) is 0 Å². The van der Waals surface area contributed by atoms with Crippen molar-refractivity contribution in [1.82, 2.24) is 9.80 Å². The van der Waals surface area contributed by atoms with Gasteiger partial charge < -0.3 is 24.6 Å². The average molecular weight is 361 g/mol. The molecule has 0 radical (unpaired) electrons. The molecule has 0 spiro atoms. The van der Waals surface area contributed by atoms with E-state index in [9.17, 15) is 14.4 Å². The number of anilines is 1. The van der Waals surface area contributed by atoms with Gasteiger partial charge in [-0.2, -0.15) is 0 Å². The fourth-order valence-electron chi connectivity index (χ4n) is 3.38. The van der Waals surface area contributed by atoms with Crippen LogP contribution in [-0.4, -0.2) is 66.8 Å². The molecule has 0 saturated carbocycles. The third-order valence-corrected chi connectivity index (χ3v) is 4.76. The molecule has 1 N–H and O–H groups in total. The molecule has 2 aliphatic heterocycles. The molecule has 2 aliphatic rings. The lowest BCUT2D eigenvalue weighted by Gasteiger charge is -2.35. The highest BCUT2D eigenvalue weighted by molar-refractivity contribution is 6.00. The van der Waals surface area contributed by atoms with E-state index >= 15 is 0 Å². The molecule has 1 atom stereocenters. The number of carbonyl (C=O) groups excluding carboxylic acids is 3. The third-order valence-electron chi connectivity index (χ3n) is 4.76. The lowest BCUT2D eigenvalue weighted by atomic mass is 10.0. The zero-order valence-electron chi connectivity index (χ0n) is 14.9. The van der Waals surface area contributed by atoms with Gasteiger partial charge >= 0.3 is 18.1 Å². The highest BCUT2D eigenvalue weighted by Crippen LogP contribution is 2.23. The van der Waals surface area contributed by atoms with Gasteiger partial charge in [0.25, 0.3) is 0 Å². The number of carbonyl (C=O) groups is 3. The van der Waals surface area contributed by atoms with E-state index in [4.69, 9.17) is 9.47 Å². The van der Waals surface area contributed by atoms with Gasteiger partial charge in [0.15, 0.2) is 0 Å². The number of nitrogens with zero attached hydrogens (tertiary/aromatic N) is 2. The summed E-state index contributed by atoms with van der Waals surface area (Å²) < 4.78 is 9.92. The number of ether oxygens (including phenoxy) is 2. The molecule has 140 valence electrons. The van der Waals surface area contributed by atoms with Crippen molar-refractivity contribution in [3.63, 3.8) is 0 Å². The number of likely N-dealkylation sites (tertiary alicyclic amines) is 1. The van der Waals surface area contributed by atoms with Crippen LogP contribution in [0.2, 0.25) is 0 Å². The van der Waals surface area contributed by atoms with E-state index in [1.165, 1.54) is 7.11 Å².